The first-order valence-corrected chi connectivity index (χ1v) is 8.23. The number of nitrogens with zero attached hydrogens (tertiary/aromatic N) is 3. The van der Waals surface area contributed by atoms with E-state index in [4.69, 9.17) is 16.3 Å². The molecule has 26 heavy (non-hydrogen) atoms. The van der Waals surface area contributed by atoms with E-state index in [1.807, 2.05) is 48.3 Å². The Morgan fingerprint density at radius 1 is 1.15 bits per heavy atom. The van der Waals surface area contributed by atoms with Crippen molar-refractivity contribution in [2.75, 3.05) is 24.4 Å². The molecule has 0 atom stereocenters. The number of para-hydroxylation sites is 1. The number of hydrogen-bond donors (Lipinski definition) is 1. The van der Waals surface area contributed by atoms with Crippen LogP contribution in [0.25, 0.3) is 0 Å². The summed E-state index contributed by atoms with van der Waals surface area (Å²) in [5.74, 6) is 0.645. The van der Waals surface area contributed by atoms with Gasteiger partial charge in [-0.05, 0) is 36.4 Å². The predicted octanol–water partition coefficient (Wildman–Crippen LogP) is 4.43. The molecule has 1 heterocycles. The van der Waals surface area contributed by atoms with Gasteiger partial charge in [-0.2, -0.15) is 4.98 Å². The maximum absolute atomic E-state index is 11.7. The molecule has 0 amide bonds. The highest BCUT2D eigenvalue weighted by atomic mass is 35.5. The number of halogens is 1. The molecule has 0 aliphatic carbocycles. The van der Waals surface area contributed by atoms with Crippen LogP contribution in [-0.2, 0) is 4.74 Å². The number of ether oxygens (including phenoxy) is 1. The lowest BCUT2D eigenvalue weighted by molar-refractivity contribution is 0.0601. The summed E-state index contributed by atoms with van der Waals surface area (Å²) in [4.78, 5) is 22.4. The highest BCUT2D eigenvalue weighted by Gasteiger charge is 2.11. The number of hydrogen-bond acceptors (Lipinski definition) is 6. The van der Waals surface area contributed by atoms with E-state index < -0.39 is 5.97 Å². The molecular formula is C19H17ClN4O2. The summed E-state index contributed by atoms with van der Waals surface area (Å²) in [6.07, 6.45) is 1.65. The van der Waals surface area contributed by atoms with Gasteiger partial charge in [0.15, 0.2) is 0 Å². The van der Waals surface area contributed by atoms with Gasteiger partial charge in [-0.3, -0.25) is 0 Å². The third kappa shape index (κ3) is 3.92. The molecule has 0 spiro atoms. The highest BCUT2D eigenvalue weighted by molar-refractivity contribution is 6.33. The normalized spacial score (nSPS) is 10.3. The molecule has 0 aliphatic heterocycles. The fraction of sp³-hybridized carbons (Fsp3) is 0.105. The lowest BCUT2D eigenvalue weighted by atomic mass is 10.2. The number of nitrogens with one attached hydrogen (secondary N) is 1. The van der Waals surface area contributed by atoms with E-state index in [2.05, 4.69) is 15.3 Å². The Kier molecular flexibility index (Phi) is 5.34. The molecule has 0 radical (unpaired) electrons. The van der Waals surface area contributed by atoms with E-state index in [0.29, 0.717) is 28.0 Å². The minimum Gasteiger partial charge on any atom is -0.465 e. The van der Waals surface area contributed by atoms with Gasteiger partial charge in [0.05, 0.1) is 23.4 Å². The minimum atomic E-state index is -0.441. The van der Waals surface area contributed by atoms with Crippen molar-refractivity contribution < 1.29 is 9.53 Å². The predicted molar refractivity (Wildman–Crippen MR) is 103 cm³/mol. The molecule has 0 fully saturated rings. The van der Waals surface area contributed by atoms with Gasteiger partial charge in [0.1, 0.15) is 5.82 Å². The molecule has 1 aromatic heterocycles. The Bertz CT molecular complexity index is 918. The van der Waals surface area contributed by atoms with Crippen LogP contribution in [0.5, 0.6) is 0 Å². The van der Waals surface area contributed by atoms with Crippen LogP contribution in [0.1, 0.15) is 10.4 Å². The van der Waals surface area contributed by atoms with Gasteiger partial charge >= 0.3 is 5.97 Å². The first-order valence-electron chi connectivity index (χ1n) is 7.85. The van der Waals surface area contributed by atoms with Gasteiger partial charge in [0, 0.05) is 18.9 Å². The summed E-state index contributed by atoms with van der Waals surface area (Å²) < 4.78 is 4.73. The van der Waals surface area contributed by atoms with Crippen molar-refractivity contribution in [2.45, 2.75) is 0 Å². The van der Waals surface area contributed by atoms with Crippen LogP contribution in [0, 0.1) is 0 Å². The van der Waals surface area contributed by atoms with E-state index >= 15 is 0 Å². The summed E-state index contributed by atoms with van der Waals surface area (Å²) >= 11 is 6.21. The summed E-state index contributed by atoms with van der Waals surface area (Å²) in [5, 5.41) is 3.50. The van der Waals surface area contributed by atoms with Gasteiger partial charge in [-0.1, -0.05) is 29.8 Å². The zero-order chi connectivity index (χ0) is 18.5. The van der Waals surface area contributed by atoms with Crippen molar-refractivity contribution >= 4 is 40.7 Å². The number of methoxy groups -OCH3 is 1. The van der Waals surface area contributed by atoms with E-state index in [-0.39, 0.29) is 0 Å². The molecule has 3 aromatic rings. The van der Waals surface area contributed by atoms with Gasteiger partial charge in [0.25, 0.3) is 0 Å². The highest BCUT2D eigenvalue weighted by Crippen LogP contribution is 2.27. The van der Waals surface area contributed by atoms with E-state index in [0.717, 1.165) is 5.69 Å². The lowest BCUT2D eigenvalue weighted by Gasteiger charge is -2.18. The monoisotopic (exact) mass is 368 g/mol. The molecule has 6 nitrogen and oxygen atoms in total. The van der Waals surface area contributed by atoms with E-state index in [1.54, 1.807) is 24.4 Å². The number of esters is 1. The number of aromatic nitrogens is 2. The van der Waals surface area contributed by atoms with Crippen molar-refractivity contribution in [3.05, 3.63) is 71.4 Å². The summed E-state index contributed by atoms with van der Waals surface area (Å²) in [6.45, 7) is 0. The number of anilines is 4. The van der Waals surface area contributed by atoms with E-state index in [9.17, 15) is 4.79 Å². The molecule has 2 aromatic carbocycles. The Morgan fingerprint density at radius 2 is 1.92 bits per heavy atom. The number of benzene rings is 2. The van der Waals surface area contributed by atoms with Crippen LogP contribution in [0.2, 0.25) is 5.02 Å². The fourth-order valence-corrected chi connectivity index (χ4v) is 2.53. The zero-order valence-electron chi connectivity index (χ0n) is 14.3. The molecule has 0 saturated heterocycles. The van der Waals surface area contributed by atoms with E-state index in [1.165, 1.54) is 7.11 Å². The number of carbonyl (C=O) groups is 1. The maximum Gasteiger partial charge on any atom is 0.337 e. The van der Waals surface area contributed by atoms with Gasteiger partial charge in [-0.15, -0.1) is 0 Å². The molecule has 0 aliphatic rings. The molecular weight excluding hydrogens is 352 g/mol. The fourth-order valence-electron chi connectivity index (χ4n) is 2.37. The first-order chi connectivity index (χ1) is 12.6. The Labute approximate surface area is 156 Å². The third-order valence-electron chi connectivity index (χ3n) is 3.76. The van der Waals surface area contributed by atoms with Gasteiger partial charge in [0.2, 0.25) is 5.95 Å². The minimum absolute atomic E-state index is 0.370. The van der Waals surface area contributed by atoms with Crippen LogP contribution in [0.4, 0.5) is 23.1 Å². The SMILES string of the molecule is COC(=O)c1ccc(Cl)c(Nc2nccc(N(C)c3ccccc3)n2)c1. The topological polar surface area (TPSA) is 67.3 Å². The van der Waals surface area contributed by atoms with Gasteiger partial charge in [-0.25, -0.2) is 9.78 Å². The number of rotatable bonds is 5. The molecule has 0 saturated carbocycles. The second-order valence-electron chi connectivity index (χ2n) is 5.44. The van der Waals surface area contributed by atoms with Crippen molar-refractivity contribution in [1.82, 2.24) is 9.97 Å². The molecule has 132 valence electrons. The van der Waals surface area contributed by atoms with Crippen molar-refractivity contribution in [3.63, 3.8) is 0 Å². The standard InChI is InChI=1S/C19H17ClN4O2/c1-24(14-6-4-3-5-7-14)17-10-11-21-19(23-17)22-16-12-13(18(25)26-2)8-9-15(16)20/h3-12H,1-2H3,(H,21,22,23). The van der Waals surface area contributed by atoms with Crippen LogP contribution < -0.4 is 10.2 Å². The average molecular weight is 369 g/mol. The van der Waals surface area contributed by atoms with Crippen LogP contribution in [-0.4, -0.2) is 30.1 Å². The number of carbonyl (C=O) groups excluding carboxylic acids is 1. The lowest BCUT2D eigenvalue weighted by Crippen LogP contribution is -2.12. The van der Waals surface area contributed by atoms with Crippen LogP contribution in [0.15, 0.2) is 60.8 Å². The summed E-state index contributed by atoms with van der Waals surface area (Å²) in [6, 6.07) is 16.5. The molecule has 3 rings (SSSR count). The molecule has 7 heteroatoms. The third-order valence-corrected chi connectivity index (χ3v) is 4.09. The Morgan fingerprint density at radius 3 is 2.65 bits per heavy atom. The van der Waals surface area contributed by atoms with Crippen molar-refractivity contribution in [3.8, 4) is 0 Å². The molecule has 1 N–H and O–H groups in total. The maximum atomic E-state index is 11.7. The first kappa shape index (κ1) is 17.7. The average Bonchev–Trinajstić information content (AvgIpc) is 2.69. The van der Waals surface area contributed by atoms with Crippen molar-refractivity contribution in [2.24, 2.45) is 0 Å². The van der Waals surface area contributed by atoms with Crippen molar-refractivity contribution in [1.29, 1.82) is 0 Å². The molecule has 0 bridgehead atoms. The second-order valence-corrected chi connectivity index (χ2v) is 5.85. The largest absolute Gasteiger partial charge is 0.465 e. The summed E-state index contributed by atoms with van der Waals surface area (Å²) in [7, 11) is 3.25. The zero-order valence-corrected chi connectivity index (χ0v) is 15.1. The van der Waals surface area contributed by atoms with Gasteiger partial charge < -0.3 is 15.0 Å². The van der Waals surface area contributed by atoms with Crippen LogP contribution in [0.3, 0.4) is 0 Å². The smallest absolute Gasteiger partial charge is 0.337 e. The van der Waals surface area contributed by atoms with Crippen LogP contribution >= 0.6 is 11.6 Å². The quantitative estimate of drug-likeness (QED) is 0.672. The summed E-state index contributed by atoms with van der Waals surface area (Å²) in [5.41, 5.74) is 1.91. The Balaban J connectivity index is 1.87. The molecule has 0 unspecified atom stereocenters. The Hall–Kier alpha value is -3.12. The second kappa shape index (κ2) is 7.84.